The minimum absolute atomic E-state index is 0.486. The molecular weight excluding hydrogens is 294 g/mol. The van der Waals surface area contributed by atoms with Crippen LogP contribution in [0.15, 0.2) is 24.3 Å². The van der Waals surface area contributed by atoms with E-state index in [0.29, 0.717) is 5.69 Å². The molecule has 1 fully saturated rings. The number of hydrogen-bond acceptors (Lipinski definition) is 7. The fourth-order valence-electron chi connectivity index (χ4n) is 2.05. The Kier molecular flexibility index (Phi) is 5.33. The average Bonchev–Trinajstić information content (AvgIpc) is 2.50. The van der Waals surface area contributed by atoms with Gasteiger partial charge in [0.05, 0.1) is 6.61 Å². The molecule has 5 unspecified atom stereocenters. The quantitative estimate of drug-likeness (QED) is 0.501. The summed E-state index contributed by atoms with van der Waals surface area (Å²) < 4.78 is 9.95. The number of hydrogen-bond donors (Lipinski definition) is 5. The van der Waals surface area contributed by atoms with Crippen molar-refractivity contribution >= 4 is 11.8 Å². The van der Waals surface area contributed by atoms with Gasteiger partial charge in [-0.1, -0.05) is 17.7 Å². The molecule has 5 atom stereocenters. The van der Waals surface area contributed by atoms with Crippen molar-refractivity contribution in [2.45, 2.75) is 37.6 Å². The molecule has 8 heteroatoms. The van der Waals surface area contributed by atoms with Gasteiger partial charge in [-0.3, -0.25) is 5.32 Å². The Balaban J connectivity index is 1.96. The monoisotopic (exact) mass is 313 g/mol. The standard InChI is InChI=1S/C14H19NO7/c1-7-2-4-8(5-3-7)15-14(20)22-13-12(19)11(18)10(17)9(6-16)21-13/h2-5,9-13,16-19H,6H2,1H3,(H,15,20). The number of anilines is 1. The molecule has 122 valence electrons. The number of carbonyl (C=O) groups is 1. The first kappa shape index (κ1) is 16.7. The van der Waals surface area contributed by atoms with Crippen molar-refractivity contribution in [3.8, 4) is 0 Å². The second-order valence-corrected chi connectivity index (χ2v) is 5.09. The summed E-state index contributed by atoms with van der Waals surface area (Å²) in [4.78, 5) is 11.8. The number of benzene rings is 1. The second kappa shape index (κ2) is 7.03. The molecule has 1 heterocycles. The number of ether oxygens (including phenoxy) is 2. The highest BCUT2D eigenvalue weighted by Crippen LogP contribution is 2.22. The lowest BCUT2D eigenvalue weighted by Gasteiger charge is -2.39. The van der Waals surface area contributed by atoms with E-state index in [4.69, 9.17) is 14.6 Å². The highest BCUT2D eigenvalue weighted by atomic mass is 16.7. The fraction of sp³-hybridized carbons (Fsp3) is 0.500. The topological polar surface area (TPSA) is 128 Å². The summed E-state index contributed by atoms with van der Waals surface area (Å²) >= 11 is 0. The van der Waals surface area contributed by atoms with Gasteiger partial charge in [0, 0.05) is 5.69 Å². The van der Waals surface area contributed by atoms with Crippen LogP contribution in [0.2, 0.25) is 0 Å². The maximum Gasteiger partial charge on any atom is 0.414 e. The van der Waals surface area contributed by atoms with Gasteiger partial charge in [0.1, 0.15) is 24.4 Å². The van der Waals surface area contributed by atoms with Crippen LogP contribution in [0.25, 0.3) is 0 Å². The molecule has 1 aromatic rings. The lowest BCUT2D eigenvalue weighted by Crippen LogP contribution is -2.59. The van der Waals surface area contributed by atoms with E-state index < -0.39 is 43.4 Å². The van der Waals surface area contributed by atoms with Gasteiger partial charge in [0.15, 0.2) is 0 Å². The van der Waals surface area contributed by atoms with Crippen LogP contribution >= 0.6 is 0 Å². The van der Waals surface area contributed by atoms with E-state index in [0.717, 1.165) is 5.56 Å². The summed E-state index contributed by atoms with van der Waals surface area (Å²) in [6, 6.07) is 6.93. The third-order valence-electron chi connectivity index (χ3n) is 3.37. The Morgan fingerprint density at radius 2 is 1.82 bits per heavy atom. The summed E-state index contributed by atoms with van der Waals surface area (Å²) in [5.74, 6) is 0. The van der Waals surface area contributed by atoms with E-state index in [1.807, 2.05) is 6.92 Å². The molecule has 8 nitrogen and oxygen atoms in total. The average molecular weight is 313 g/mol. The molecule has 1 aliphatic rings. The smallest absolute Gasteiger partial charge is 0.414 e. The Labute approximate surface area is 126 Å². The van der Waals surface area contributed by atoms with Crippen molar-refractivity contribution in [1.82, 2.24) is 0 Å². The molecule has 0 radical (unpaired) electrons. The fourth-order valence-corrected chi connectivity index (χ4v) is 2.05. The van der Waals surface area contributed by atoms with Crippen molar-refractivity contribution < 1.29 is 34.7 Å². The minimum Gasteiger partial charge on any atom is -0.416 e. The molecule has 0 bridgehead atoms. The van der Waals surface area contributed by atoms with Gasteiger partial charge in [-0.15, -0.1) is 0 Å². The van der Waals surface area contributed by atoms with Gasteiger partial charge in [-0.25, -0.2) is 4.79 Å². The van der Waals surface area contributed by atoms with Crippen LogP contribution in [-0.2, 0) is 9.47 Å². The third-order valence-corrected chi connectivity index (χ3v) is 3.37. The molecule has 22 heavy (non-hydrogen) atoms. The normalized spacial score (nSPS) is 31.6. The molecule has 0 aliphatic carbocycles. The van der Waals surface area contributed by atoms with Gasteiger partial charge >= 0.3 is 6.09 Å². The van der Waals surface area contributed by atoms with E-state index in [1.54, 1.807) is 24.3 Å². The molecule has 1 aromatic carbocycles. The number of aryl methyl sites for hydroxylation is 1. The van der Waals surface area contributed by atoms with Crippen LogP contribution in [-0.4, -0.2) is 63.8 Å². The molecule has 5 N–H and O–H groups in total. The number of nitrogens with one attached hydrogen (secondary N) is 1. The Hall–Kier alpha value is -1.71. The molecule has 0 spiro atoms. The van der Waals surface area contributed by atoms with Gasteiger partial charge in [-0.2, -0.15) is 0 Å². The van der Waals surface area contributed by atoms with Gasteiger partial charge < -0.3 is 29.9 Å². The lowest BCUT2D eigenvalue weighted by molar-refractivity contribution is -0.283. The molecule has 0 saturated carbocycles. The van der Waals surface area contributed by atoms with E-state index >= 15 is 0 Å². The van der Waals surface area contributed by atoms with Crippen molar-refractivity contribution in [2.24, 2.45) is 0 Å². The van der Waals surface area contributed by atoms with Crippen LogP contribution in [0.3, 0.4) is 0 Å². The van der Waals surface area contributed by atoms with Crippen molar-refractivity contribution in [3.05, 3.63) is 29.8 Å². The lowest BCUT2D eigenvalue weighted by atomic mass is 9.99. The Bertz CT molecular complexity index is 504. The molecule has 0 aromatic heterocycles. The maximum absolute atomic E-state index is 11.8. The predicted molar refractivity (Wildman–Crippen MR) is 75.0 cm³/mol. The zero-order chi connectivity index (χ0) is 16.3. The van der Waals surface area contributed by atoms with E-state index in [2.05, 4.69) is 5.32 Å². The first-order valence-corrected chi connectivity index (χ1v) is 6.77. The summed E-state index contributed by atoms with van der Waals surface area (Å²) in [6.07, 6.45) is -8.24. The highest BCUT2D eigenvalue weighted by Gasteiger charge is 2.45. The van der Waals surface area contributed by atoms with Crippen LogP contribution < -0.4 is 5.32 Å². The summed E-state index contributed by atoms with van der Waals surface area (Å²) in [7, 11) is 0. The first-order chi connectivity index (χ1) is 10.4. The van der Waals surface area contributed by atoms with Gasteiger partial charge in [0.2, 0.25) is 6.29 Å². The van der Waals surface area contributed by atoms with Crippen molar-refractivity contribution in [1.29, 1.82) is 0 Å². The molecule has 1 amide bonds. The zero-order valence-corrected chi connectivity index (χ0v) is 11.9. The maximum atomic E-state index is 11.8. The zero-order valence-electron chi connectivity index (χ0n) is 11.9. The number of aliphatic hydroxyl groups is 4. The Morgan fingerprint density at radius 3 is 2.41 bits per heavy atom. The van der Waals surface area contributed by atoms with Crippen LogP contribution in [0.1, 0.15) is 5.56 Å². The van der Waals surface area contributed by atoms with E-state index in [-0.39, 0.29) is 0 Å². The SMILES string of the molecule is Cc1ccc(NC(=O)OC2OC(CO)C(O)C(O)C2O)cc1. The summed E-state index contributed by atoms with van der Waals surface area (Å²) in [6.45, 7) is 1.31. The number of rotatable bonds is 3. The second-order valence-electron chi connectivity index (χ2n) is 5.09. The Morgan fingerprint density at radius 1 is 1.18 bits per heavy atom. The summed E-state index contributed by atoms with van der Waals surface area (Å²) in [5.41, 5.74) is 1.51. The molecule has 1 saturated heterocycles. The van der Waals surface area contributed by atoms with E-state index in [1.165, 1.54) is 0 Å². The van der Waals surface area contributed by atoms with Crippen LogP contribution in [0.4, 0.5) is 10.5 Å². The predicted octanol–water partition coefficient (Wildman–Crippen LogP) is -0.657. The van der Waals surface area contributed by atoms with E-state index in [9.17, 15) is 20.1 Å². The molecule has 2 rings (SSSR count). The van der Waals surface area contributed by atoms with Crippen LogP contribution in [0, 0.1) is 6.92 Å². The summed E-state index contributed by atoms with van der Waals surface area (Å²) in [5, 5.41) is 40.5. The van der Waals surface area contributed by atoms with Crippen molar-refractivity contribution in [2.75, 3.05) is 11.9 Å². The molecular formula is C14H19NO7. The van der Waals surface area contributed by atoms with Gasteiger partial charge in [-0.05, 0) is 19.1 Å². The highest BCUT2D eigenvalue weighted by molar-refractivity contribution is 5.84. The largest absolute Gasteiger partial charge is 0.416 e. The molecule has 1 aliphatic heterocycles. The number of amides is 1. The van der Waals surface area contributed by atoms with Gasteiger partial charge in [0.25, 0.3) is 0 Å². The number of carbonyl (C=O) groups excluding carboxylic acids is 1. The van der Waals surface area contributed by atoms with Crippen molar-refractivity contribution in [3.63, 3.8) is 0 Å². The van der Waals surface area contributed by atoms with Crippen LogP contribution in [0.5, 0.6) is 0 Å². The third kappa shape index (κ3) is 3.73. The minimum atomic E-state index is -1.62. The first-order valence-electron chi connectivity index (χ1n) is 6.77. The number of aliphatic hydroxyl groups excluding tert-OH is 4.